The zero-order chi connectivity index (χ0) is 17.8. The minimum Gasteiger partial charge on any atom is -0.349 e. The Morgan fingerprint density at radius 1 is 1.20 bits per heavy atom. The highest BCUT2D eigenvalue weighted by atomic mass is 16.6. The van der Waals surface area contributed by atoms with Crippen LogP contribution in [0, 0.1) is 10.1 Å². The van der Waals surface area contributed by atoms with Gasteiger partial charge in [0.1, 0.15) is 5.82 Å². The molecule has 0 saturated heterocycles. The third kappa shape index (κ3) is 3.50. The van der Waals surface area contributed by atoms with Crippen LogP contribution in [0.5, 0.6) is 0 Å². The number of fused-ring (bicyclic) bond motifs is 1. The van der Waals surface area contributed by atoms with Gasteiger partial charge in [-0.05, 0) is 19.1 Å². The molecule has 1 aromatic heterocycles. The van der Waals surface area contributed by atoms with Gasteiger partial charge in [0.05, 0.1) is 28.9 Å². The fourth-order valence-corrected chi connectivity index (χ4v) is 2.86. The molecule has 0 spiro atoms. The maximum atomic E-state index is 12.2. The summed E-state index contributed by atoms with van der Waals surface area (Å²) in [7, 11) is 0. The van der Waals surface area contributed by atoms with Crippen molar-refractivity contribution in [1.29, 1.82) is 0 Å². The van der Waals surface area contributed by atoms with Crippen LogP contribution in [0.25, 0.3) is 11.0 Å². The van der Waals surface area contributed by atoms with E-state index < -0.39 is 4.92 Å². The average Bonchev–Trinajstić information content (AvgIpc) is 2.97. The standard InChI is InChI=1S/C18H18N4O3/c1-2-21-16-10-6-4-8-14(16)20-17(21)12-19-18(23)11-13-7-3-5-9-15(13)22(24)25/h3-10H,2,11-12H2,1H3,(H,19,23). The summed E-state index contributed by atoms with van der Waals surface area (Å²) in [4.78, 5) is 27.3. The molecule has 0 saturated carbocycles. The van der Waals surface area contributed by atoms with Crippen molar-refractivity contribution >= 4 is 22.6 Å². The van der Waals surface area contributed by atoms with E-state index in [0.717, 1.165) is 23.4 Å². The lowest BCUT2D eigenvalue weighted by Gasteiger charge is -2.08. The third-order valence-electron chi connectivity index (χ3n) is 4.03. The summed E-state index contributed by atoms with van der Waals surface area (Å²) in [5.41, 5.74) is 2.26. The lowest BCUT2D eigenvalue weighted by Crippen LogP contribution is -2.26. The van der Waals surface area contributed by atoms with E-state index in [-0.39, 0.29) is 24.6 Å². The molecule has 1 heterocycles. The minimum absolute atomic E-state index is 0.0382. The molecular weight excluding hydrogens is 320 g/mol. The summed E-state index contributed by atoms with van der Waals surface area (Å²) in [6.07, 6.45) is -0.0382. The van der Waals surface area contributed by atoms with Crippen LogP contribution in [0.3, 0.4) is 0 Å². The SMILES string of the molecule is CCn1c(CNC(=O)Cc2ccccc2[N+](=O)[O-])nc2ccccc21. The summed E-state index contributed by atoms with van der Waals surface area (Å²) in [5, 5.41) is 13.8. The number of hydrogen-bond donors (Lipinski definition) is 1. The number of carbonyl (C=O) groups excluding carboxylic acids is 1. The molecule has 128 valence electrons. The third-order valence-corrected chi connectivity index (χ3v) is 4.03. The second kappa shape index (κ2) is 7.12. The Kier molecular flexibility index (Phi) is 4.74. The van der Waals surface area contributed by atoms with Crippen molar-refractivity contribution in [2.75, 3.05) is 0 Å². The van der Waals surface area contributed by atoms with E-state index >= 15 is 0 Å². The first-order valence-corrected chi connectivity index (χ1v) is 8.03. The van der Waals surface area contributed by atoms with Crippen LogP contribution in [-0.4, -0.2) is 20.4 Å². The summed E-state index contributed by atoms with van der Waals surface area (Å²) in [6, 6.07) is 14.1. The van der Waals surface area contributed by atoms with E-state index in [4.69, 9.17) is 0 Å². The number of benzene rings is 2. The lowest BCUT2D eigenvalue weighted by molar-refractivity contribution is -0.385. The number of para-hydroxylation sites is 3. The van der Waals surface area contributed by atoms with Crippen molar-refractivity contribution in [1.82, 2.24) is 14.9 Å². The summed E-state index contributed by atoms with van der Waals surface area (Å²) in [5.74, 6) is 0.489. The number of nitrogens with zero attached hydrogens (tertiary/aromatic N) is 3. The number of rotatable bonds is 6. The first-order valence-electron chi connectivity index (χ1n) is 8.03. The maximum Gasteiger partial charge on any atom is 0.273 e. The van der Waals surface area contributed by atoms with Crippen molar-refractivity contribution < 1.29 is 9.72 Å². The van der Waals surface area contributed by atoms with E-state index in [1.165, 1.54) is 6.07 Å². The molecule has 7 heteroatoms. The van der Waals surface area contributed by atoms with E-state index in [0.29, 0.717) is 5.56 Å². The van der Waals surface area contributed by atoms with E-state index in [1.54, 1.807) is 18.2 Å². The van der Waals surface area contributed by atoms with Crippen molar-refractivity contribution in [2.24, 2.45) is 0 Å². The molecule has 3 aromatic rings. The van der Waals surface area contributed by atoms with Gasteiger partial charge >= 0.3 is 0 Å². The van der Waals surface area contributed by atoms with Crippen molar-refractivity contribution in [3.8, 4) is 0 Å². The maximum absolute atomic E-state index is 12.2. The van der Waals surface area contributed by atoms with Crippen LogP contribution >= 0.6 is 0 Å². The zero-order valence-corrected chi connectivity index (χ0v) is 13.8. The predicted octanol–water partition coefficient (Wildman–Crippen LogP) is 2.82. The van der Waals surface area contributed by atoms with Gasteiger partial charge < -0.3 is 9.88 Å². The Balaban J connectivity index is 1.72. The molecule has 0 aliphatic heterocycles. The predicted molar refractivity (Wildman–Crippen MR) is 94.1 cm³/mol. The highest BCUT2D eigenvalue weighted by Gasteiger charge is 2.16. The summed E-state index contributed by atoms with van der Waals surface area (Å²) in [6.45, 7) is 3.05. The quantitative estimate of drug-likeness (QED) is 0.553. The molecule has 1 amide bonds. The van der Waals surface area contributed by atoms with Gasteiger partial charge in [-0.15, -0.1) is 0 Å². The van der Waals surface area contributed by atoms with Crippen LogP contribution in [0.15, 0.2) is 48.5 Å². The Labute approximate surface area is 144 Å². The Morgan fingerprint density at radius 3 is 2.68 bits per heavy atom. The molecule has 3 rings (SSSR count). The number of nitrogens with one attached hydrogen (secondary N) is 1. The number of aryl methyl sites for hydroxylation is 1. The summed E-state index contributed by atoms with van der Waals surface area (Å²) >= 11 is 0. The van der Waals surface area contributed by atoms with Crippen molar-refractivity contribution in [3.63, 3.8) is 0 Å². The van der Waals surface area contributed by atoms with Gasteiger partial charge in [0.15, 0.2) is 0 Å². The molecule has 2 aromatic carbocycles. The largest absolute Gasteiger partial charge is 0.349 e. The Morgan fingerprint density at radius 2 is 1.92 bits per heavy atom. The van der Waals surface area contributed by atoms with E-state index in [2.05, 4.69) is 10.3 Å². The number of amides is 1. The fraction of sp³-hybridized carbons (Fsp3) is 0.222. The number of carbonyl (C=O) groups is 1. The van der Waals surface area contributed by atoms with Gasteiger partial charge in [0.25, 0.3) is 5.69 Å². The fourth-order valence-electron chi connectivity index (χ4n) is 2.86. The second-order valence-corrected chi connectivity index (χ2v) is 5.60. The molecule has 7 nitrogen and oxygen atoms in total. The number of hydrogen-bond acceptors (Lipinski definition) is 4. The van der Waals surface area contributed by atoms with Crippen LogP contribution in [0.1, 0.15) is 18.3 Å². The lowest BCUT2D eigenvalue weighted by atomic mass is 10.1. The molecule has 0 atom stereocenters. The van der Waals surface area contributed by atoms with Gasteiger partial charge in [0, 0.05) is 18.2 Å². The number of nitro groups is 1. The highest BCUT2D eigenvalue weighted by molar-refractivity contribution is 5.80. The zero-order valence-electron chi connectivity index (χ0n) is 13.8. The van der Waals surface area contributed by atoms with Crippen molar-refractivity contribution in [2.45, 2.75) is 26.4 Å². The van der Waals surface area contributed by atoms with Crippen LogP contribution in [0.2, 0.25) is 0 Å². The Hall–Kier alpha value is -3.22. The molecule has 0 unspecified atom stereocenters. The minimum atomic E-state index is -0.473. The monoisotopic (exact) mass is 338 g/mol. The van der Waals surface area contributed by atoms with Crippen LogP contribution in [0.4, 0.5) is 5.69 Å². The normalized spacial score (nSPS) is 10.8. The molecule has 0 radical (unpaired) electrons. The molecule has 0 aliphatic carbocycles. The second-order valence-electron chi connectivity index (χ2n) is 5.60. The van der Waals surface area contributed by atoms with Gasteiger partial charge in [-0.3, -0.25) is 14.9 Å². The molecular formula is C18H18N4O3. The van der Waals surface area contributed by atoms with E-state index in [9.17, 15) is 14.9 Å². The highest BCUT2D eigenvalue weighted by Crippen LogP contribution is 2.18. The van der Waals surface area contributed by atoms with Crippen LogP contribution < -0.4 is 5.32 Å². The first-order chi connectivity index (χ1) is 12.1. The van der Waals surface area contributed by atoms with Crippen molar-refractivity contribution in [3.05, 3.63) is 70.0 Å². The molecule has 0 bridgehead atoms. The molecule has 0 aliphatic rings. The topological polar surface area (TPSA) is 90.1 Å². The van der Waals surface area contributed by atoms with E-state index in [1.807, 2.05) is 35.8 Å². The van der Waals surface area contributed by atoms with Gasteiger partial charge in [0.2, 0.25) is 5.91 Å². The van der Waals surface area contributed by atoms with Gasteiger partial charge in [-0.1, -0.05) is 30.3 Å². The van der Waals surface area contributed by atoms with Gasteiger partial charge in [-0.2, -0.15) is 0 Å². The number of nitro benzene ring substituents is 1. The molecule has 0 fully saturated rings. The number of imidazole rings is 1. The summed E-state index contributed by atoms with van der Waals surface area (Å²) < 4.78 is 2.04. The average molecular weight is 338 g/mol. The van der Waals surface area contributed by atoms with Gasteiger partial charge in [-0.25, -0.2) is 4.98 Å². The number of aromatic nitrogens is 2. The first kappa shape index (κ1) is 16.6. The van der Waals surface area contributed by atoms with Crippen LogP contribution in [-0.2, 0) is 24.3 Å². The smallest absolute Gasteiger partial charge is 0.273 e. The Bertz CT molecular complexity index is 933. The molecule has 25 heavy (non-hydrogen) atoms. The molecule has 1 N–H and O–H groups in total.